The lowest BCUT2D eigenvalue weighted by Gasteiger charge is -2.13. The van der Waals surface area contributed by atoms with Crippen molar-refractivity contribution in [2.75, 3.05) is 13.2 Å². The number of carbonyl (C=O) groups is 2. The van der Waals surface area contributed by atoms with Crippen LogP contribution in [0.5, 0.6) is 0 Å². The largest absolute Gasteiger partial charge is 0.480 e. The van der Waals surface area contributed by atoms with Crippen LogP contribution in [0.3, 0.4) is 0 Å². The van der Waals surface area contributed by atoms with Crippen LogP contribution in [0, 0.1) is 6.92 Å². The van der Waals surface area contributed by atoms with E-state index in [1.165, 1.54) is 23.7 Å². The maximum atomic E-state index is 12.3. The van der Waals surface area contributed by atoms with Gasteiger partial charge in [-0.25, -0.2) is 9.78 Å². The van der Waals surface area contributed by atoms with Crippen LogP contribution >= 0.6 is 11.3 Å². The maximum absolute atomic E-state index is 12.3. The fraction of sp³-hybridized carbons (Fsp3) is 0.267. The van der Waals surface area contributed by atoms with Gasteiger partial charge < -0.3 is 19.6 Å². The molecule has 0 fully saturated rings. The van der Waals surface area contributed by atoms with Gasteiger partial charge in [-0.2, -0.15) is 0 Å². The van der Waals surface area contributed by atoms with Gasteiger partial charge in [0, 0.05) is 4.88 Å². The molecule has 0 aromatic carbocycles. The lowest BCUT2D eigenvalue weighted by atomic mass is 10.3. The van der Waals surface area contributed by atoms with Crippen molar-refractivity contribution in [3.05, 3.63) is 41.6 Å². The molecule has 2 aromatic rings. The van der Waals surface area contributed by atoms with E-state index in [9.17, 15) is 9.59 Å². The zero-order valence-electron chi connectivity index (χ0n) is 12.4. The lowest BCUT2D eigenvalue weighted by molar-refractivity contribution is -0.140. The molecule has 0 bridgehead atoms. The number of nitrogens with one attached hydrogen (secondary N) is 1. The summed E-state index contributed by atoms with van der Waals surface area (Å²) in [4.78, 5) is 28.3. The smallest absolute Gasteiger partial charge is 0.328 e. The summed E-state index contributed by atoms with van der Waals surface area (Å²) >= 11 is 1.30. The van der Waals surface area contributed by atoms with Gasteiger partial charge in [0.15, 0.2) is 16.8 Å². The molecule has 0 aliphatic rings. The normalized spacial score (nSPS) is 11.9. The van der Waals surface area contributed by atoms with Crippen LogP contribution in [-0.4, -0.2) is 41.2 Å². The van der Waals surface area contributed by atoms with Gasteiger partial charge >= 0.3 is 5.97 Å². The molecule has 1 atom stereocenters. The number of ether oxygens (including phenoxy) is 1. The minimum Gasteiger partial charge on any atom is -0.480 e. The molecule has 23 heavy (non-hydrogen) atoms. The quantitative estimate of drug-likeness (QED) is 0.565. The monoisotopic (exact) mass is 336 g/mol. The second-order valence-electron chi connectivity index (χ2n) is 4.59. The van der Waals surface area contributed by atoms with E-state index in [2.05, 4.69) is 16.9 Å². The number of carboxylic acid groups (broad SMARTS) is 1. The van der Waals surface area contributed by atoms with Gasteiger partial charge in [0.25, 0.3) is 5.91 Å². The van der Waals surface area contributed by atoms with Gasteiger partial charge in [0.2, 0.25) is 0 Å². The Bertz CT molecular complexity index is 693. The van der Waals surface area contributed by atoms with Crippen molar-refractivity contribution < 1.29 is 23.8 Å². The SMILES string of the molecule is C=CCOCC(NC(=O)c1nc(-c2ccco2)sc1C)C(=O)O. The van der Waals surface area contributed by atoms with E-state index in [1.54, 1.807) is 19.1 Å². The van der Waals surface area contributed by atoms with Crippen molar-refractivity contribution in [1.82, 2.24) is 10.3 Å². The summed E-state index contributed by atoms with van der Waals surface area (Å²) in [5, 5.41) is 12.1. The summed E-state index contributed by atoms with van der Waals surface area (Å²) in [5.41, 5.74) is 0.177. The molecule has 0 spiro atoms. The molecular formula is C15H16N2O5S. The molecule has 1 unspecified atom stereocenters. The van der Waals surface area contributed by atoms with Gasteiger partial charge in [0.1, 0.15) is 5.69 Å². The number of thiazole rings is 1. The third-order valence-electron chi connectivity index (χ3n) is 2.87. The highest BCUT2D eigenvalue weighted by atomic mass is 32.1. The van der Waals surface area contributed by atoms with E-state index in [4.69, 9.17) is 14.3 Å². The summed E-state index contributed by atoms with van der Waals surface area (Å²) in [6, 6.07) is 2.31. The Labute approximate surface area is 136 Å². The molecule has 0 saturated heterocycles. The van der Waals surface area contributed by atoms with Gasteiger partial charge in [-0.05, 0) is 19.1 Å². The minimum atomic E-state index is -1.18. The maximum Gasteiger partial charge on any atom is 0.328 e. The van der Waals surface area contributed by atoms with E-state index in [0.29, 0.717) is 15.6 Å². The standard InChI is InChI=1S/C15H16N2O5S/c1-3-6-21-8-10(15(19)20)16-13(18)12-9(2)23-14(17-12)11-5-4-7-22-11/h3-5,7,10H,1,6,8H2,2H3,(H,16,18)(H,19,20). The molecule has 0 aliphatic carbocycles. The van der Waals surface area contributed by atoms with E-state index >= 15 is 0 Å². The molecule has 8 heteroatoms. The van der Waals surface area contributed by atoms with Crippen molar-refractivity contribution in [3.8, 4) is 10.8 Å². The molecule has 0 radical (unpaired) electrons. The minimum absolute atomic E-state index is 0.151. The molecule has 7 nitrogen and oxygen atoms in total. The Hall–Kier alpha value is -2.45. The first kappa shape index (κ1) is 16.9. The first-order chi connectivity index (χ1) is 11.0. The second-order valence-corrected chi connectivity index (χ2v) is 5.79. The highest BCUT2D eigenvalue weighted by Crippen LogP contribution is 2.27. The zero-order valence-corrected chi connectivity index (χ0v) is 13.3. The lowest BCUT2D eigenvalue weighted by Crippen LogP contribution is -2.44. The number of carboxylic acids is 1. The number of carbonyl (C=O) groups excluding carboxylic acids is 1. The van der Waals surface area contributed by atoms with Gasteiger partial charge in [-0.15, -0.1) is 17.9 Å². The molecule has 1 amide bonds. The molecule has 0 saturated carbocycles. The topological polar surface area (TPSA) is 102 Å². The third kappa shape index (κ3) is 4.27. The van der Waals surface area contributed by atoms with Crippen LogP contribution in [0.15, 0.2) is 35.5 Å². The highest BCUT2D eigenvalue weighted by molar-refractivity contribution is 7.15. The van der Waals surface area contributed by atoms with Crippen LogP contribution in [0.1, 0.15) is 15.4 Å². The number of amides is 1. The van der Waals surface area contributed by atoms with Crippen LogP contribution in [0.2, 0.25) is 0 Å². The van der Waals surface area contributed by atoms with Crippen LogP contribution in [0.4, 0.5) is 0 Å². The van der Waals surface area contributed by atoms with Gasteiger partial charge in [0.05, 0.1) is 19.5 Å². The number of rotatable bonds is 8. The molecule has 122 valence electrons. The number of hydrogen-bond acceptors (Lipinski definition) is 6. The van der Waals surface area contributed by atoms with Crippen molar-refractivity contribution in [3.63, 3.8) is 0 Å². The average Bonchev–Trinajstić information content (AvgIpc) is 3.15. The Balaban J connectivity index is 2.10. The Kier molecular flexibility index (Phi) is 5.67. The van der Waals surface area contributed by atoms with E-state index in [1.807, 2.05) is 0 Å². The van der Waals surface area contributed by atoms with Crippen LogP contribution in [0.25, 0.3) is 10.8 Å². The molecule has 0 aliphatic heterocycles. The summed E-state index contributed by atoms with van der Waals surface area (Å²) in [7, 11) is 0. The van der Waals surface area contributed by atoms with Crippen molar-refractivity contribution in [2.45, 2.75) is 13.0 Å². The predicted molar refractivity (Wildman–Crippen MR) is 84.5 cm³/mol. The average molecular weight is 336 g/mol. The van der Waals surface area contributed by atoms with Crippen LogP contribution < -0.4 is 5.32 Å². The molecular weight excluding hydrogens is 320 g/mol. The highest BCUT2D eigenvalue weighted by Gasteiger charge is 2.24. The van der Waals surface area contributed by atoms with Crippen LogP contribution in [-0.2, 0) is 9.53 Å². The second kappa shape index (κ2) is 7.70. The third-order valence-corrected chi connectivity index (χ3v) is 3.85. The first-order valence-electron chi connectivity index (χ1n) is 6.76. The number of aryl methyl sites for hydroxylation is 1. The molecule has 2 rings (SSSR count). The van der Waals surface area contributed by atoms with Crippen molar-refractivity contribution >= 4 is 23.2 Å². The number of aromatic nitrogens is 1. The number of hydrogen-bond donors (Lipinski definition) is 2. The van der Waals surface area contributed by atoms with Gasteiger partial charge in [-0.3, -0.25) is 4.79 Å². The van der Waals surface area contributed by atoms with Crippen molar-refractivity contribution in [1.29, 1.82) is 0 Å². The zero-order chi connectivity index (χ0) is 16.8. The Morgan fingerprint density at radius 2 is 2.39 bits per heavy atom. The summed E-state index contributed by atoms with van der Waals surface area (Å²) in [5.74, 6) is -1.19. The summed E-state index contributed by atoms with van der Waals surface area (Å²) in [6.07, 6.45) is 3.02. The van der Waals surface area contributed by atoms with E-state index in [0.717, 1.165) is 0 Å². The van der Waals surface area contributed by atoms with Crippen molar-refractivity contribution in [2.24, 2.45) is 0 Å². The van der Waals surface area contributed by atoms with E-state index in [-0.39, 0.29) is 18.9 Å². The number of aliphatic carboxylic acids is 1. The molecule has 2 N–H and O–H groups in total. The fourth-order valence-electron chi connectivity index (χ4n) is 1.78. The summed E-state index contributed by atoms with van der Waals surface area (Å²) < 4.78 is 10.3. The molecule has 2 aromatic heterocycles. The first-order valence-corrected chi connectivity index (χ1v) is 7.58. The number of furan rings is 1. The fourth-order valence-corrected chi connectivity index (χ4v) is 2.66. The predicted octanol–water partition coefficient (Wildman–Crippen LogP) is 2.10. The van der Waals surface area contributed by atoms with E-state index < -0.39 is 17.9 Å². The Morgan fingerprint density at radius 3 is 3.00 bits per heavy atom. The molecule has 2 heterocycles. The van der Waals surface area contributed by atoms with Gasteiger partial charge in [-0.1, -0.05) is 6.08 Å². The Morgan fingerprint density at radius 1 is 1.61 bits per heavy atom. The summed E-state index contributed by atoms with van der Waals surface area (Å²) in [6.45, 7) is 5.27. The number of nitrogens with zero attached hydrogens (tertiary/aromatic N) is 1.